The standard InChI is InChI=1S/C8H15NO5S/c1-3-14-8(11)4-5-9-7(10)6-15(2,12)13/h3-6H2,1-2H3,(H,9,10). The van der Waals surface area contributed by atoms with E-state index < -0.39 is 27.5 Å². The molecular weight excluding hydrogens is 222 g/mol. The maximum absolute atomic E-state index is 11.0. The summed E-state index contributed by atoms with van der Waals surface area (Å²) in [7, 11) is -3.31. The van der Waals surface area contributed by atoms with Crippen molar-refractivity contribution in [3.8, 4) is 0 Å². The van der Waals surface area contributed by atoms with Crippen molar-refractivity contribution >= 4 is 21.7 Å². The van der Waals surface area contributed by atoms with Gasteiger partial charge in [-0.3, -0.25) is 9.59 Å². The summed E-state index contributed by atoms with van der Waals surface area (Å²) in [5.41, 5.74) is 0. The molecule has 0 saturated heterocycles. The monoisotopic (exact) mass is 237 g/mol. The average Bonchev–Trinajstić information content (AvgIpc) is 2.00. The molecule has 88 valence electrons. The van der Waals surface area contributed by atoms with Crippen LogP contribution in [0.5, 0.6) is 0 Å². The van der Waals surface area contributed by atoms with E-state index in [2.05, 4.69) is 10.1 Å². The number of ether oxygens (including phenoxy) is 1. The van der Waals surface area contributed by atoms with Crippen molar-refractivity contribution in [2.24, 2.45) is 0 Å². The zero-order valence-electron chi connectivity index (χ0n) is 8.78. The molecule has 0 rings (SSSR count). The summed E-state index contributed by atoms with van der Waals surface area (Å²) in [4.78, 5) is 21.8. The Kier molecular flexibility index (Phi) is 5.92. The van der Waals surface area contributed by atoms with E-state index in [0.29, 0.717) is 0 Å². The number of rotatable bonds is 6. The third kappa shape index (κ3) is 9.20. The molecule has 0 aliphatic heterocycles. The van der Waals surface area contributed by atoms with Crippen LogP contribution in [0.4, 0.5) is 0 Å². The lowest BCUT2D eigenvalue weighted by Gasteiger charge is -2.03. The second kappa shape index (κ2) is 6.39. The number of carbonyl (C=O) groups is 2. The Balaban J connectivity index is 3.69. The highest BCUT2D eigenvalue weighted by atomic mass is 32.2. The van der Waals surface area contributed by atoms with E-state index in [-0.39, 0.29) is 19.6 Å². The Labute approximate surface area is 88.9 Å². The first-order chi connectivity index (χ1) is 6.85. The molecule has 15 heavy (non-hydrogen) atoms. The second-order valence-corrected chi connectivity index (χ2v) is 5.12. The third-order valence-corrected chi connectivity index (χ3v) is 2.14. The molecule has 0 unspecified atom stereocenters. The van der Waals surface area contributed by atoms with Gasteiger partial charge in [-0.15, -0.1) is 0 Å². The number of sulfone groups is 1. The second-order valence-electron chi connectivity index (χ2n) is 2.98. The number of hydrogen-bond acceptors (Lipinski definition) is 5. The lowest BCUT2D eigenvalue weighted by atomic mass is 10.4. The molecule has 0 bridgehead atoms. The molecule has 7 heteroatoms. The molecule has 0 fully saturated rings. The van der Waals surface area contributed by atoms with Gasteiger partial charge in [-0.25, -0.2) is 8.42 Å². The van der Waals surface area contributed by atoms with Crippen LogP contribution >= 0.6 is 0 Å². The van der Waals surface area contributed by atoms with Crippen LogP contribution in [0.1, 0.15) is 13.3 Å². The molecule has 0 aromatic heterocycles. The van der Waals surface area contributed by atoms with Crippen LogP contribution in [0.25, 0.3) is 0 Å². The van der Waals surface area contributed by atoms with Gasteiger partial charge in [0, 0.05) is 12.8 Å². The molecule has 1 amide bonds. The zero-order valence-corrected chi connectivity index (χ0v) is 9.59. The summed E-state index contributed by atoms with van der Waals surface area (Å²) in [5, 5.41) is 2.31. The molecule has 0 aromatic rings. The van der Waals surface area contributed by atoms with E-state index in [0.717, 1.165) is 6.26 Å². The van der Waals surface area contributed by atoms with Crippen LogP contribution < -0.4 is 5.32 Å². The predicted molar refractivity (Wildman–Crippen MR) is 54.0 cm³/mol. The van der Waals surface area contributed by atoms with E-state index in [1.165, 1.54) is 0 Å². The van der Waals surface area contributed by atoms with Crippen LogP contribution in [0.3, 0.4) is 0 Å². The lowest BCUT2D eigenvalue weighted by Crippen LogP contribution is -2.31. The van der Waals surface area contributed by atoms with Gasteiger partial charge in [0.15, 0.2) is 9.84 Å². The fraction of sp³-hybridized carbons (Fsp3) is 0.750. The van der Waals surface area contributed by atoms with Gasteiger partial charge < -0.3 is 10.1 Å². The highest BCUT2D eigenvalue weighted by Crippen LogP contribution is 1.86. The first kappa shape index (κ1) is 13.9. The molecule has 0 radical (unpaired) electrons. The number of hydrogen-bond donors (Lipinski definition) is 1. The summed E-state index contributed by atoms with van der Waals surface area (Å²) >= 11 is 0. The van der Waals surface area contributed by atoms with Gasteiger partial charge in [-0.2, -0.15) is 0 Å². The fourth-order valence-electron chi connectivity index (χ4n) is 0.826. The number of nitrogens with one attached hydrogen (secondary N) is 1. The van der Waals surface area contributed by atoms with Crippen molar-refractivity contribution in [3.05, 3.63) is 0 Å². The fourth-order valence-corrected chi connectivity index (χ4v) is 1.40. The van der Waals surface area contributed by atoms with Crippen molar-refractivity contribution in [3.63, 3.8) is 0 Å². The molecule has 0 saturated carbocycles. The minimum Gasteiger partial charge on any atom is -0.466 e. The van der Waals surface area contributed by atoms with Gasteiger partial charge in [-0.05, 0) is 6.92 Å². The van der Waals surface area contributed by atoms with Crippen LogP contribution in [0.15, 0.2) is 0 Å². The Bertz CT molecular complexity index is 322. The van der Waals surface area contributed by atoms with Crippen LogP contribution in [0, 0.1) is 0 Å². The third-order valence-electron chi connectivity index (χ3n) is 1.35. The molecule has 0 spiro atoms. The molecule has 0 heterocycles. The van der Waals surface area contributed by atoms with Crippen molar-refractivity contribution in [2.75, 3.05) is 25.2 Å². The Morgan fingerprint density at radius 2 is 1.93 bits per heavy atom. The maximum atomic E-state index is 11.0. The molecule has 0 aliphatic carbocycles. The summed E-state index contributed by atoms with van der Waals surface area (Å²) in [6.45, 7) is 2.06. The van der Waals surface area contributed by atoms with Crippen molar-refractivity contribution in [2.45, 2.75) is 13.3 Å². The van der Waals surface area contributed by atoms with Crippen molar-refractivity contribution in [1.82, 2.24) is 5.32 Å². The quantitative estimate of drug-likeness (QED) is 0.605. The smallest absolute Gasteiger partial charge is 0.307 e. The summed E-state index contributed by atoms with van der Waals surface area (Å²) in [6.07, 6.45) is 1.02. The van der Waals surface area contributed by atoms with Crippen LogP contribution in [-0.4, -0.2) is 45.5 Å². The number of carbonyl (C=O) groups excluding carboxylic acids is 2. The van der Waals surface area contributed by atoms with Gasteiger partial charge >= 0.3 is 5.97 Å². The average molecular weight is 237 g/mol. The van der Waals surface area contributed by atoms with E-state index >= 15 is 0 Å². The molecule has 0 atom stereocenters. The summed E-state index contributed by atoms with van der Waals surface area (Å²) in [6, 6.07) is 0. The van der Waals surface area contributed by atoms with E-state index in [1.807, 2.05) is 0 Å². The van der Waals surface area contributed by atoms with E-state index in [4.69, 9.17) is 0 Å². The Morgan fingerprint density at radius 3 is 2.40 bits per heavy atom. The van der Waals surface area contributed by atoms with Crippen molar-refractivity contribution < 1.29 is 22.7 Å². The largest absolute Gasteiger partial charge is 0.466 e. The molecule has 6 nitrogen and oxygen atoms in total. The SMILES string of the molecule is CCOC(=O)CCNC(=O)CS(C)(=O)=O. The van der Waals surface area contributed by atoms with Crippen molar-refractivity contribution in [1.29, 1.82) is 0 Å². The maximum Gasteiger partial charge on any atom is 0.307 e. The molecule has 0 aromatic carbocycles. The summed E-state index contributed by atoms with van der Waals surface area (Å²) in [5.74, 6) is -1.59. The number of esters is 1. The van der Waals surface area contributed by atoms with Crippen LogP contribution in [-0.2, 0) is 24.2 Å². The molecule has 0 aliphatic rings. The molecule has 1 N–H and O–H groups in total. The van der Waals surface area contributed by atoms with E-state index in [1.54, 1.807) is 6.92 Å². The first-order valence-corrected chi connectivity index (χ1v) is 6.51. The van der Waals surface area contributed by atoms with Gasteiger partial charge in [0.2, 0.25) is 5.91 Å². The van der Waals surface area contributed by atoms with Gasteiger partial charge in [-0.1, -0.05) is 0 Å². The number of amides is 1. The normalized spacial score (nSPS) is 10.8. The minimum atomic E-state index is -3.31. The topological polar surface area (TPSA) is 89.5 Å². The highest BCUT2D eigenvalue weighted by Gasteiger charge is 2.10. The first-order valence-electron chi connectivity index (χ1n) is 4.45. The summed E-state index contributed by atoms with van der Waals surface area (Å²) < 4.78 is 26.0. The van der Waals surface area contributed by atoms with E-state index in [9.17, 15) is 18.0 Å². The van der Waals surface area contributed by atoms with Crippen LogP contribution in [0.2, 0.25) is 0 Å². The molecular formula is C8H15NO5S. The Morgan fingerprint density at radius 1 is 1.33 bits per heavy atom. The highest BCUT2D eigenvalue weighted by molar-refractivity contribution is 7.91. The van der Waals surface area contributed by atoms with Gasteiger partial charge in [0.1, 0.15) is 5.75 Å². The predicted octanol–water partition coefficient (Wildman–Crippen LogP) is -0.900. The minimum absolute atomic E-state index is 0.0450. The zero-order chi connectivity index (χ0) is 11.9. The van der Waals surface area contributed by atoms with Gasteiger partial charge in [0.25, 0.3) is 0 Å². The van der Waals surface area contributed by atoms with Gasteiger partial charge in [0.05, 0.1) is 13.0 Å². The Hall–Kier alpha value is -1.11. The lowest BCUT2D eigenvalue weighted by molar-refractivity contribution is -0.142.